The summed E-state index contributed by atoms with van der Waals surface area (Å²) in [6, 6.07) is 20.4. The molecule has 0 bridgehead atoms. The Kier molecular flexibility index (Phi) is 11.2. The standard InChI is InChI=1S/C21H20N6S.C15H13N5.C6H7NOS/c1-13-20(28-14(2)25-13)11-27-9-17-19(10-27)23-12-24-21(17)26-16-7-15-5-3-4-6-18(15)22-8-16;1-2-4-13-10(3-1)5-11(6-17-13)20-15-12-7-16-8-14(12)18-9-19-15;1-4-6(3-8)9-5(2)7-4/h3-8,12H,9-11H2,1-2H3,(H,23,24,26);1-6,9,16H,7-8H2,(H,18,19,20);3H,1-2H3. The maximum atomic E-state index is 10.2. The molecule has 13 nitrogen and oxygen atoms in total. The average molecular weight is 793 g/mol. The number of nitrogens with one attached hydrogen (secondary N) is 3. The van der Waals surface area contributed by atoms with E-state index in [1.807, 2.05) is 62.6 Å². The first-order valence-electron chi connectivity index (χ1n) is 18.4. The minimum atomic E-state index is 0.743. The third-order valence-electron chi connectivity index (χ3n) is 9.54. The molecule has 0 aliphatic carbocycles. The summed E-state index contributed by atoms with van der Waals surface area (Å²) in [6.45, 7) is 12.0. The molecule has 0 unspecified atom stereocenters. The summed E-state index contributed by atoms with van der Waals surface area (Å²) in [6.07, 6.45) is 7.77. The number of aryl methyl sites for hydroxylation is 4. The van der Waals surface area contributed by atoms with Crippen LogP contribution in [0.25, 0.3) is 21.8 Å². The molecule has 10 rings (SSSR count). The number of nitrogens with zero attached hydrogens (tertiary/aromatic N) is 9. The van der Waals surface area contributed by atoms with Gasteiger partial charge in [0.05, 0.1) is 72.5 Å². The minimum absolute atomic E-state index is 0.743. The molecule has 2 aliphatic heterocycles. The number of hydrogen-bond donors (Lipinski definition) is 3. The quantitative estimate of drug-likeness (QED) is 0.132. The summed E-state index contributed by atoms with van der Waals surface area (Å²) in [5.74, 6) is 1.72. The molecule has 0 fully saturated rings. The van der Waals surface area contributed by atoms with Crippen LogP contribution in [-0.2, 0) is 32.7 Å². The molecule has 0 atom stereocenters. The zero-order valence-corrected chi connectivity index (χ0v) is 33.6. The maximum Gasteiger partial charge on any atom is 0.161 e. The fourth-order valence-electron chi connectivity index (χ4n) is 6.79. The molecule has 15 heteroatoms. The Morgan fingerprint density at radius 3 is 1.86 bits per heavy atom. The number of aldehydes is 1. The third kappa shape index (κ3) is 8.81. The van der Waals surface area contributed by atoms with Gasteiger partial charge in [-0.15, -0.1) is 22.7 Å². The molecule has 0 saturated carbocycles. The van der Waals surface area contributed by atoms with Gasteiger partial charge in [-0.3, -0.25) is 19.7 Å². The fraction of sp³-hybridized carbons (Fsp3) is 0.214. The van der Waals surface area contributed by atoms with Crippen LogP contribution >= 0.6 is 22.7 Å². The van der Waals surface area contributed by atoms with Gasteiger partial charge in [-0.05, 0) is 52.0 Å². The zero-order chi connectivity index (χ0) is 39.3. The molecule has 8 aromatic rings. The van der Waals surface area contributed by atoms with Crippen molar-refractivity contribution < 1.29 is 4.79 Å². The van der Waals surface area contributed by atoms with Crippen LogP contribution in [0, 0.1) is 27.7 Å². The molecule has 6 aromatic heterocycles. The van der Waals surface area contributed by atoms with Gasteiger partial charge in [-0.2, -0.15) is 0 Å². The van der Waals surface area contributed by atoms with Crippen molar-refractivity contribution in [3.63, 3.8) is 0 Å². The highest BCUT2D eigenvalue weighted by Crippen LogP contribution is 2.31. The van der Waals surface area contributed by atoms with Gasteiger partial charge in [0.25, 0.3) is 0 Å². The topological polar surface area (TPSA) is 160 Å². The number of thiazole rings is 2. The number of carbonyl (C=O) groups excluding carboxylic acids is 1. The summed E-state index contributed by atoms with van der Waals surface area (Å²) in [4.78, 5) is 49.9. The number of fused-ring (bicyclic) bond motifs is 4. The van der Waals surface area contributed by atoms with Crippen LogP contribution < -0.4 is 16.0 Å². The van der Waals surface area contributed by atoms with E-state index in [1.54, 1.807) is 24.0 Å². The second-order valence-corrected chi connectivity index (χ2v) is 16.2. The van der Waals surface area contributed by atoms with Gasteiger partial charge < -0.3 is 16.0 Å². The van der Waals surface area contributed by atoms with Gasteiger partial charge in [0.1, 0.15) is 24.3 Å². The van der Waals surface area contributed by atoms with E-state index >= 15 is 0 Å². The lowest BCUT2D eigenvalue weighted by molar-refractivity contribution is 0.112. The van der Waals surface area contributed by atoms with E-state index in [0.717, 1.165) is 133 Å². The molecule has 0 spiro atoms. The van der Waals surface area contributed by atoms with Crippen molar-refractivity contribution in [2.24, 2.45) is 0 Å². The van der Waals surface area contributed by atoms with Crippen LogP contribution in [0.3, 0.4) is 0 Å². The van der Waals surface area contributed by atoms with E-state index in [1.165, 1.54) is 16.2 Å². The van der Waals surface area contributed by atoms with Crippen molar-refractivity contribution in [3.8, 4) is 0 Å². The molecular weight excluding hydrogens is 753 g/mol. The predicted molar refractivity (Wildman–Crippen MR) is 226 cm³/mol. The summed E-state index contributed by atoms with van der Waals surface area (Å²) < 4.78 is 0. The Balaban J connectivity index is 0.000000136. The third-order valence-corrected chi connectivity index (χ3v) is 11.6. The summed E-state index contributed by atoms with van der Waals surface area (Å²) in [5, 5.41) is 14.4. The Hall–Kier alpha value is -6.13. The molecule has 57 heavy (non-hydrogen) atoms. The van der Waals surface area contributed by atoms with Crippen molar-refractivity contribution >= 4 is 73.8 Å². The molecule has 2 aliphatic rings. The number of aromatic nitrogens is 8. The van der Waals surface area contributed by atoms with Crippen molar-refractivity contribution in [1.82, 2.24) is 50.1 Å². The SMILES string of the molecule is Cc1nc(C)c(C=O)s1.Cc1nc(C)c(CN2Cc3ncnc(Nc4cnc5ccccc5c4)c3C2)s1.c1ccc2ncc(Nc3ncnc4c3CNC4)cc2c1. The molecule has 8 heterocycles. The van der Waals surface area contributed by atoms with Gasteiger partial charge in [0.2, 0.25) is 0 Å². The monoisotopic (exact) mass is 792 g/mol. The number of benzene rings is 2. The van der Waals surface area contributed by atoms with Gasteiger partial charge in [-0.1, -0.05) is 36.4 Å². The highest BCUT2D eigenvalue weighted by Gasteiger charge is 2.25. The van der Waals surface area contributed by atoms with Crippen LogP contribution in [-0.4, -0.2) is 51.1 Å². The minimum Gasteiger partial charge on any atom is -0.339 e. The van der Waals surface area contributed by atoms with Crippen LogP contribution in [0.5, 0.6) is 0 Å². The first kappa shape index (κ1) is 37.8. The highest BCUT2D eigenvalue weighted by atomic mass is 32.1. The number of rotatable bonds is 7. The van der Waals surface area contributed by atoms with E-state index in [4.69, 9.17) is 0 Å². The Morgan fingerprint density at radius 1 is 0.684 bits per heavy atom. The van der Waals surface area contributed by atoms with E-state index in [9.17, 15) is 4.79 Å². The summed E-state index contributed by atoms with van der Waals surface area (Å²) in [5.41, 5.74) is 10.3. The molecule has 0 amide bonds. The summed E-state index contributed by atoms with van der Waals surface area (Å²) in [7, 11) is 0. The molecule has 2 aromatic carbocycles. The lowest BCUT2D eigenvalue weighted by Gasteiger charge is -2.13. The fourth-order valence-corrected chi connectivity index (χ4v) is 8.52. The molecular formula is C42H40N12OS2. The van der Waals surface area contributed by atoms with Crippen molar-refractivity contribution in [3.05, 3.63) is 139 Å². The first-order chi connectivity index (χ1) is 27.8. The molecule has 0 radical (unpaired) electrons. The average Bonchev–Trinajstić information content (AvgIpc) is 4.02. The first-order valence-corrected chi connectivity index (χ1v) is 20.1. The largest absolute Gasteiger partial charge is 0.339 e. The number of carbonyl (C=O) groups is 1. The van der Waals surface area contributed by atoms with Gasteiger partial charge in [0, 0.05) is 59.5 Å². The van der Waals surface area contributed by atoms with Crippen molar-refractivity contribution in [2.75, 3.05) is 10.6 Å². The van der Waals surface area contributed by atoms with Gasteiger partial charge >= 0.3 is 0 Å². The Morgan fingerprint density at radius 2 is 1.28 bits per heavy atom. The second kappa shape index (κ2) is 16.9. The number of para-hydroxylation sites is 2. The maximum absolute atomic E-state index is 10.2. The Labute approximate surface area is 337 Å². The molecule has 0 saturated heterocycles. The highest BCUT2D eigenvalue weighted by molar-refractivity contribution is 7.13. The van der Waals surface area contributed by atoms with E-state index in [-0.39, 0.29) is 0 Å². The van der Waals surface area contributed by atoms with Crippen molar-refractivity contribution in [2.45, 2.75) is 60.4 Å². The predicted octanol–water partition coefficient (Wildman–Crippen LogP) is 8.30. The van der Waals surface area contributed by atoms with E-state index in [0.29, 0.717) is 0 Å². The number of pyridine rings is 2. The summed E-state index contributed by atoms with van der Waals surface area (Å²) >= 11 is 3.21. The smallest absolute Gasteiger partial charge is 0.161 e. The lowest BCUT2D eigenvalue weighted by Crippen LogP contribution is -2.15. The van der Waals surface area contributed by atoms with Gasteiger partial charge in [0.15, 0.2) is 6.29 Å². The normalized spacial score (nSPS) is 13.0. The van der Waals surface area contributed by atoms with Crippen molar-refractivity contribution in [1.29, 1.82) is 0 Å². The molecule has 286 valence electrons. The zero-order valence-electron chi connectivity index (χ0n) is 31.9. The van der Waals surface area contributed by atoms with Crippen LogP contribution in [0.2, 0.25) is 0 Å². The van der Waals surface area contributed by atoms with E-state index in [2.05, 4.69) is 98.8 Å². The number of hydrogen-bond acceptors (Lipinski definition) is 15. The molecule has 3 N–H and O–H groups in total. The number of anilines is 4. The van der Waals surface area contributed by atoms with Crippen LogP contribution in [0.15, 0.2) is 85.7 Å². The Bertz CT molecular complexity index is 2710. The lowest BCUT2D eigenvalue weighted by atomic mass is 10.2. The van der Waals surface area contributed by atoms with Crippen LogP contribution in [0.4, 0.5) is 23.0 Å². The van der Waals surface area contributed by atoms with Gasteiger partial charge in [-0.25, -0.2) is 29.9 Å². The second-order valence-electron chi connectivity index (χ2n) is 13.7. The van der Waals surface area contributed by atoms with Crippen LogP contribution in [0.1, 0.15) is 58.5 Å². The van der Waals surface area contributed by atoms with E-state index < -0.39 is 0 Å².